The van der Waals surface area contributed by atoms with Crippen LogP contribution in [-0.4, -0.2) is 39.0 Å². The van der Waals surface area contributed by atoms with Crippen LogP contribution in [0.15, 0.2) is 303 Å². The van der Waals surface area contributed by atoms with Crippen LogP contribution < -0.4 is 0 Å². The molecule has 0 amide bonds. The second kappa shape index (κ2) is 25.0. The van der Waals surface area contributed by atoms with Gasteiger partial charge in [0.1, 0.15) is 0 Å². The van der Waals surface area contributed by atoms with E-state index in [0.717, 1.165) is 133 Å². The van der Waals surface area contributed by atoms with E-state index in [1.54, 1.807) is 24.3 Å². The van der Waals surface area contributed by atoms with Crippen LogP contribution in [0.5, 0.6) is 0 Å². The van der Waals surface area contributed by atoms with E-state index in [1.165, 1.54) is 0 Å². The van der Waals surface area contributed by atoms with Crippen molar-refractivity contribution in [3.63, 3.8) is 0 Å². The minimum Gasteiger partial charge on any atom is -0.309 e. The summed E-state index contributed by atoms with van der Waals surface area (Å²) in [5, 5.41) is 34.5. The van der Waals surface area contributed by atoms with E-state index in [-0.39, 0.29) is 0 Å². The SMILES string of the molecule is [C-]#[N+]c1ccc(-c2ccc3c(c2)c2ccccc2n3-c2cc(-c3cccc(-c4cc(-c5nc(-c6ccccc6)nc(-c6ccccc6)n5)cc(-n5c6ccccc6c6cc(-c7ccc(C#N)cc7C#N)ccc65)c4)c3)cc(-c3nc(-c4ccccc4)nc(-c4ccccc4)n3)c2)c(C#N)c1. The van der Waals surface area contributed by atoms with E-state index in [1.807, 2.05) is 158 Å². The third-order valence-corrected chi connectivity index (χ3v) is 18.3. The van der Waals surface area contributed by atoms with Crippen molar-refractivity contribution in [3.05, 3.63) is 331 Å². The molecule has 17 aromatic rings. The number of hydrogen-bond acceptors (Lipinski definition) is 9. The Morgan fingerprint density at radius 1 is 0.260 bits per heavy atom. The quantitative estimate of drug-likeness (QED) is 0.108. The molecule has 0 spiro atoms. The maximum atomic E-state index is 10.4. The van der Waals surface area contributed by atoms with Crippen molar-refractivity contribution < 1.29 is 0 Å². The molecule has 462 valence electrons. The van der Waals surface area contributed by atoms with Crippen LogP contribution >= 0.6 is 0 Å². The van der Waals surface area contributed by atoms with Crippen molar-refractivity contribution in [3.8, 4) is 142 Å². The summed E-state index contributed by atoms with van der Waals surface area (Å²) in [6.45, 7) is 7.66. The fourth-order valence-corrected chi connectivity index (χ4v) is 13.6. The van der Waals surface area contributed by atoms with E-state index >= 15 is 0 Å². The number of hydrogen-bond donors (Lipinski definition) is 0. The fraction of sp³-hybridized carbons (Fsp3) is 0. The van der Waals surface area contributed by atoms with Gasteiger partial charge in [-0.15, -0.1) is 0 Å². The van der Waals surface area contributed by atoms with Gasteiger partial charge in [-0.25, -0.2) is 34.7 Å². The molecule has 0 radical (unpaired) electrons. The van der Waals surface area contributed by atoms with Crippen LogP contribution in [0.1, 0.15) is 16.7 Å². The number of nitriles is 3. The van der Waals surface area contributed by atoms with Gasteiger partial charge in [-0.1, -0.05) is 206 Å². The maximum Gasteiger partial charge on any atom is 0.188 e. The standard InChI is InChI=1S/C88H50N12/c1-92-70-36-38-74(69(45-70)54-91)63-35-40-82-78(51-63)76-30-15-17-32-80(76)100(82)72-47-65(44-67(49-72)88-97-85(58-23-10-4-11-24-58)94-86(98-88)59-25-12-5-13-26-59)61-28-18-27-60(42-61)64-43-66(87-95-83(56-19-6-2-7-20-56)93-84(96-87)57-21-8-3-9-22-57)48-71(46-64)99-79-31-16-14-29-75(79)77-50-62(34-39-81(77)99)73-37-33-55(52-89)41-68(73)53-90/h2-51H. The van der Waals surface area contributed by atoms with Gasteiger partial charge < -0.3 is 9.13 Å². The van der Waals surface area contributed by atoms with Gasteiger partial charge in [0.15, 0.2) is 40.6 Å². The first-order valence-corrected chi connectivity index (χ1v) is 32.4. The lowest BCUT2D eigenvalue weighted by atomic mass is 9.95. The first-order valence-electron chi connectivity index (χ1n) is 32.4. The van der Waals surface area contributed by atoms with Crippen molar-refractivity contribution in [1.82, 2.24) is 39.0 Å². The third-order valence-electron chi connectivity index (χ3n) is 18.3. The highest BCUT2D eigenvalue weighted by atomic mass is 15.1. The molecule has 0 saturated carbocycles. The van der Waals surface area contributed by atoms with Crippen molar-refractivity contribution in [2.45, 2.75) is 0 Å². The fourth-order valence-electron chi connectivity index (χ4n) is 13.6. The summed E-state index contributed by atoms with van der Waals surface area (Å²) in [6.07, 6.45) is 0. The zero-order valence-corrected chi connectivity index (χ0v) is 53.2. The molecule has 12 nitrogen and oxygen atoms in total. The molecular weight excluding hydrogens is 1230 g/mol. The summed E-state index contributed by atoms with van der Waals surface area (Å²) in [4.78, 5) is 35.0. The number of aromatic nitrogens is 8. The Hall–Kier alpha value is -14.6. The Bertz CT molecular complexity index is 5830. The molecule has 0 atom stereocenters. The minimum atomic E-state index is 0.409. The van der Waals surface area contributed by atoms with E-state index in [0.29, 0.717) is 57.3 Å². The van der Waals surface area contributed by atoms with Crippen LogP contribution in [0.4, 0.5) is 5.69 Å². The number of rotatable bonds is 12. The van der Waals surface area contributed by atoms with Crippen LogP contribution in [0.25, 0.3) is 173 Å². The molecule has 0 unspecified atom stereocenters. The lowest BCUT2D eigenvalue weighted by Crippen LogP contribution is -2.02. The zero-order valence-electron chi connectivity index (χ0n) is 53.2. The molecule has 12 heteroatoms. The summed E-state index contributed by atoms with van der Waals surface area (Å²) in [6, 6.07) is 108. The van der Waals surface area contributed by atoms with E-state index in [4.69, 9.17) is 36.5 Å². The predicted octanol–water partition coefficient (Wildman–Crippen LogP) is 21.1. The summed E-state index contributed by atoms with van der Waals surface area (Å²) in [5.74, 6) is 3.11. The molecule has 4 heterocycles. The molecule has 0 saturated heterocycles. The normalized spacial score (nSPS) is 11.2. The van der Waals surface area contributed by atoms with E-state index < -0.39 is 0 Å². The summed E-state index contributed by atoms with van der Waals surface area (Å²) >= 11 is 0. The van der Waals surface area contributed by atoms with Gasteiger partial charge in [0.25, 0.3) is 0 Å². The second-order valence-electron chi connectivity index (χ2n) is 24.3. The van der Waals surface area contributed by atoms with Crippen molar-refractivity contribution in [2.24, 2.45) is 0 Å². The smallest absolute Gasteiger partial charge is 0.188 e. The molecule has 0 bridgehead atoms. The minimum absolute atomic E-state index is 0.409. The molecule has 0 aliphatic carbocycles. The molecule has 4 aromatic heterocycles. The largest absolute Gasteiger partial charge is 0.309 e. The molecule has 13 aromatic carbocycles. The van der Waals surface area contributed by atoms with Crippen molar-refractivity contribution in [1.29, 1.82) is 15.8 Å². The van der Waals surface area contributed by atoms with Crippen LogP contribution in [0.3, 0.4) is 0 Å². The topological polar surface area (TPSA) is 163 Å². The number of nitrogens with zero attached hydrogens (tertiary/aromatic N) is 12. The highest BCUT2D eigenvalue weighted by Crippen LogP contribution is 2.43. The maximum absolute atomic E-state index is 10.4. The Labute approximate surface area is 574 Å². The van der Waals surface area contributed by atoms with Gasteiger partial charge in [-0.2, -0.15) is 15.8 Å². The molecule has 0 N–H and O–H groups in total. The monoisotopic (exact) mass is 1270 g/mol. The lowest BCUT2D eigenvalue weighted by Gasteiger charge is -2.16. The number of para-hydroxylation sites is 2. The average Bonchev–Trinajstić information content (AvgIpc) is 1.58. The number of fused-ring (bicyclic) bond motifs is 6. The van der Waals surface area contributed by atoms with Crippen molar-refractivity contribution in [2.75, 3.05) is 0 Å². The molecule has 0 aliphatic heterocycles. The Morgan fingerprint density at radius 3 is 1.02 bits per heavy atom. The predicted molar refractivity (Wildman–Crippen MR) is 397 cm³/mol. The van der Waals surface area contributed by atoms with Gasteiger partial charge in [0, 0.05) is 71.9 Å². The van der Waals surface area contributed by atoms with Crippen LogP contribution in [0.2, 0.25) is 0 Å². The van der Waals surface area contributed by atoms with Gasteiger partial charge in [0.05, 0.1) is 58.0 Å². The molecule has 0 aliphatic rings. The lowest BCUT2D eigenvalue weighted by molar-refractivity contribution is 1.07. The summed E-state index contributed by atoms with van der Waals surface area (Å²) in [5.41, 5.74) is 19.0. The summed E-state index contributed by atoms with van der Waals surface area (Å²) in [7, 11) is 0. The Morgan fingerprint density at radius 2 is 0.610 bits per heavy atom. The second-order valence-corrected chi connectivity index (χ2v) is 24.3. The Kier molecular flexibility index (Phi) is 14.8. The highest BCUT2D eigenvalue weighted by molar-refractivity contribution is 6.12. The zero-order chi connectivity index (χ0) is 67.2. The van der Waals surface area contributed by atoms with Gasteiger partial charge >= 0.3 is 0 Å². The molecule has 0 fully saturated rings. The Balaban J connectivity index is 0.892. The third kappa shape index (κ3) is 10.8. The summed E-state index contributed by atoms with van der Waals surface area (Å²) < 4.78 is 4.57. The molecule has 17 rings (SSSR count). The van der Waals surface area contributed by atoms with Crippen molar-refractivity contribution >= 4 is 49.3 Å². The number of benzene rings is 13. The van der Waals surface area contributed by atoms with Gasteiger partial charge in [0.2, 0.25) is 0 Å². The van der Waals surface area contributed by atoms with Crippen LogP contribution in [-0.2, 0) is 0 Å². The van der Waals surface area contributed by atoms with E-state index in [9.17, 15) is 15.8 Å². The average molecular weight is 1280 g/mol. The van der Waals surface area contributed by atoms with Gasteiger partial charge in [-0.3, -0.25) is 0 Å². The van der Waals surface area contributed by atoms with E-state index in [2.05, 4.69) is 154 Å². The van der Waals surface area contributed by atoms with Gasteiger partial charge in [-0.05, 0) is 142 Å². The highest BCUT2D eigenvalue weighted by Gasteiger charge is 2.23. The molecule has 100 heavy (non-hydrogen) atoms. The molecular formula is C88H50N12. The first kappa shape index (κ1) is 59.2. The van der Waals surface area contributed by atoms with Crippen LogP contribution in [0, 0.1) is 40.6 Å². The first-order chi connectivity index (χ1) is 49.3.